The fourth-order valence-electron chi connectivity index (χ4n) is 3.48. The molecule has 172 valence electrons. The molecule has 1 aromatic rings. The minimum absolute atomic E-state index is 0.0294. The molecule has 0 aromatic heterocycles. The highest BCUT2D eigenvalue weighted by atomic mass is 16.6. The van der Waals surface area contributed by atoms with Crippen LogP contribution in [0.4, 0.5) is 4.79 Å². The molecular formula is C24H37N3O4. The first-order valence-electron chi connectivity index (χ1n) is 11.0. The number of hydrogen-bond acceptors (Lipinski definition) is 4. The second-order valence-electron chi connectivity index (χ2n) is 9.77. The van der Waals surface area contributed by atoms with E-state index in [1.165, 1.54) is 0 Å². The molecule has 0 radical (unpaired) electrons. The summed E-state index contributed by atoms with van der Waals surface area (Å²) in [6, 6.07) is 4.26. The number of benzene rings is 1. The lowest BCUT2D eigenvalue weighted by molar-refractivity contribution is -0.143. The van der Waals surface area contributed by atoms with Crippen LogP contribution in [0, 0.1) is 13.8 Å². The van der Waals surface area contributed by atoms with Gasteiger partial charge in [-0.15, -0.1) is 0 Å². The van der Waals surface area contributed by atoms with Crippen LogP contribution in [0.1, 0.15) is 77.1 Å². The SMILES string of the molecule is Cc1ccc(C)c(C(C(=O)NC(C)C)N(C(=O)C(C)NC(=O)OC(C)(C)C)C2CC2)c1. The Bertz CT molecular complexity index is 825. The normalized spacial score (nSPS) is 15.8. The molecule has 0 saturated heterocycles. The van der Waals surface area contributed by atoms with Crippen LogP contribution in [-0.4, -0.2) is 46.5 Å². The molecule has 1 saturated carbocycles. The topological polar surface area (TPSA) is 87.7 Å². The number of hydrogen-bond donors (Lipinski definition) is 2. The lowest BCUT2D eigenvalue weighted by Gasteiger charge is -2.35. The van der Waals surface area contributed by atoms with Gasteiger partial charge in [-0.05, 0) is 79.4 Å². The summed E-state index contributed by atoms with van der Waals surface area (Å²) in [6.07, 6.45) is 1.02. The number of rotatable bonds is 7. The number of amides is 3. The van der Waals surface area contributed by atoms with Crippen molar-refractivity contribution in [2.75, 3.05) is 0 Å². The molecule has 3 amide bonds. The molecule has 7 nitrogen and oxygen atoms in total. The lowest BCUT2D eigenvalue weighted by atomic mass is 9.96. The molecule has 2 rings (SSSR count). The van der Waals surface area contributed by atoms with E-state index in [9.17, 15) is 14.4 Å². The van der Waals surface area contributed by atoms with Gasteiger partial charge in [-0.25, -0.2) is 4.79 Å². The van der Waals surface area contributed by atoms with E-state index in [0.717, 1.165) is 29.5 Å². The summed E-state index contributed by atoms with van der Waals surface area (Å²) in [5.74, 6) is -0.508. The van der Waals surface area contributed by atoms with Gasteiger partial charge in [0.15, 0.2) is 0 Å². The smallest absolute Gasteiger partial charge is 0.408 e. The average Bonchev–Trinajstić information content (AvgIpc) is 3.43. The number of nitrogens with zero attached hydrogens (tertiary/aromatic N) is 1. The monoisotopic (exact) mass is 431 g/mol. The van der Waals surface area contributed by atoms with Crippen molar-refractivity contribution in [3.05, 3.63) is 34.9 Å². The summed E-state index contributed by atoms with van der Waals surface area (Å²) in [7, 11) is 0. The second kappa shape index (κ2) is 9.71. The summed E-state index contributed by atoms with van der Waals surface area (Å²) >= 11 is 0. The van der Waals surface area contributed by atoms with Gasteiger partial charge in [0.1, 0.15) is 17.7 Å². The zero-order valence-corrected chi connectivity index (χ0v) is 20.0. The molecule has 0 spiro atoms. The average molecular weight is 432 g/mol. The van der Waals surface area contributed by atoms with Crippen LogP contribution in [-0.2, 0) is 14.3 Å². The van der Waals surface area contributed by atoms with Crippen LogP contribution in [0.2, 0.25) is 0 Å². The number of nitrogens with one attached hydrogen (secondary N) is 2. The summed E-state index contributed by atoms with van der Waals surface area (Å²) < 4.78 is 5.29. The number of carbonyl (C=O) groups excluding carboxylic acids is 3. The van der Waals surface area contributed by atoms with E-state index in [0.29, 0.717) is 0 Å². The van der Waals surface area contributed by atoms with Crippen molar-refractivity contribution in [2.45, 2.75) is 98.0 Å². The van der Waals surface area contributed by atoms with E-state index in [-0.39, 0.29) is 23.9 Å². The van der Waals surface area contributed by atoms with Gasteiger partial charge in [-0.2, -0.15) is 0 Å². The Morgan fingerprint density at radius 1 is 1.06 bits per heavy atom. The first-order chi connectivity index (χ1) is 14.3. The maximum absolute atomic E-state index is 13.5. The second-order valence-corrected chi connectivity index (χ2v) is 9.77. The molecule has 1 aliphatic carbocycles. The minimum atomic E-state index is -0.824. The number of aryl methyl sites for hydroxylation is 2. The predicted octanol–water partition coefficient (Wildman–Crippen LogP) is 3.77. The maximum atomic E-state index is 13.5. The molecule has 2 unspecified atom stereocenters. The van der Waals surface area contributed by atoms with Crippen LogP contribution in [0.15, 0.2) is 18.2 Å². The third-order valence-electron chi connectivity index (χ3n) is 4.99. The van der Waals surface area contributed by atoms with Gasteiger partial charge in [-0.3, -0.25) is 9.59 Å². The van der Waals surface area contributed by atoms with Gasteiger partial charge in [0.05, 0.1) is 0 Å². The number of carbonyl (C=O) groups is 3. The highest BCUT2D eigenvalue weighted by molar-refractivity contribution is 5.92. The predicted molar refractivity (Wildman–Crippen MR) is 121 cm³/mol. The van der Waals surface area contributed by atoms with E-state index in [2.05, 4.69) is 10.6 Å². The van der Waals surface area contributed by atoms with Crippen molar-refractivity contribution in [2.24, 2.45) is 0 Å². The van der Waals surface area contributed by atoms with Crippen molar-refractivity contribution in [1.82, 2.24) is 15.5 Å². The molecule has 1 fully saturated rings. The van der Waals surface area contributed by atoms with E-state index in [4.69, 9.17) is 4.74 Å². The van der Waals surface area contributed by atoms with Crippen molar-refractivity contribution in [3.8, 4) is 0 Å². The summed E-state index contributed by atoms with van der Waals surface area (Å²) in [5, 5.41) is 5.60. The van der Waals surface area contributed by atoms with E-state index in [1.807, 2.05) is 45.9 Å². The number of alkyl carbamates (subject to hydrolysis) is 1. The fraction of sp³-hybridized carbons (Fsp3) is 0.625. The Balaban J connectivity index is 2.38. The van der Waals surface area contributed by atoms with Crippen molar-refractivity contribution in [1.29, 1.82) is 0 Å². The summed E-state index contributed by atoms with van der Waals surface area (Å²) in [5.41, 5.74) is 2.11. The Hall–Kier alpha value is -2.57. The van der Waals surface area contributed by atoms with Crippen LogP contribution in [0.3, 0.4) is 0 Å². The van der Waals surface area contributed by atoms with Crippen LogP contribution in [0.5, 0.6) is 0 Å². The van der Waals surface area contributed by atoms with Gasteiger partial charge >= 0.3 is 6.09 Å². The van der Waals surface area contributed by atoms with E-state index in [1.54, 1.807) is 32.6 Å². The van der Waals surface area contributed by atoms with E-state index >= 15 is 0 Å². The van der Waals surface area contributed by atoms with Crippen molar-refractivity contribution >= 4 is 17.9 Å². The Labute approximate surface area is 185 Å². The Morgan fingerprint density at radius 3 is 2.19 bits per heavy atom. The molecule has 7 heteroatoms. The fourth-order valence-corrected chi connectivity index (χ4v) is 3.48. The highest BCUT2D eigenvalue weighted by Gasteiger charge is 2.43. The quantitative estimate of drug-likeness (QED) is 0.688. The molecule has 0 heterocycles. The van der Waals surface area contributed by atoms with Gasteiger partial charge < -0.3 is 20.3 Å². The molecule has 0 aliphatic heterocycles. The van der Waals surface area contributed by atoms with Crippen molar-refractivity contribution < 1.29 is 19.1 Å². The van der Waals surface area contributed by atoms with Gasteiger partial charge in [-0.1, -0.05) is 23.8 Å². The van der Waals surface area contributed by atoms with Gasteiger partial charge in [0, 0.05) is 12.1 Å². The Kier molecular flexibility index (Phi) is 7.73. The standard InChI is InChI=1S/C24H37N3O4/c1-14(2)25-21(28)20(19-13-15(3)9-10-16(19)4)27(18-11-12-18)22(29)17(5)26-23(30)31-24(6,7)8/h9-10,13-14,17-18,20H,11-12H2,1-8H3,(H,25,28)(H,26,30). The van der Waals surface area contributed by atoms with Gasteiger partial charge in [0.2, 0.25) is 11.8 Å². The summed E-state index contributed by atoms with van der Waals surface area (Å²) in [4.78, 5) is 40.7. The largest absolute Gasteiger partial charge is 0.444 e. The molecule has 2 atom stereocenters. The van der Waals surface area contributed by atoms with Crippen LogP contribution < -0.4 is 10.6 Å². The molecular weight excluding hydrogens is 394 g/mol. The van der Waals surface area contributed by atoms with Crippen molar-refractivity contribution in [3.63, 3.8) is 0 Å². The molecule has 0 bridgehead atoms. The Morgan fingerprint density at radius 2 is 1.68 bits per heavy atom. The van der Waals surface area contributed by atoms with E-state index < -0.39 is 23.8 Å². The summed E-state index contributed by atoms with van der Waals surface area (Å²) in [6.45, 7) is 14.6. The number of ether oxygens (including phenoxy) is 1. The molecule has 2 N–H and O–H groups in total. The third kappa shape index (κ3) is 6.97. The molecule has 31 heavy (non-hydrogen) atoms. The zero-order chi connectivity index (χ0) is 23.5. The van der Waals surface area contributed by atoms with Crippen LogP contribution in [0.25, 0.3) is 0 Å². The first kappa shape index (κ1) is 24.7. The van der Waals surface area contributed by atoms with Crippen LogP contribution >= 0.6 is 0 Å². The first-order valence-corrected chi connectivity index (χ1v) is 11.0. The highest BCUT2D eigenvalue weighted by Crippen LogP contribution is 2.36. The minimum Gasteiger partial charge on any atom is -0.444 e. The maximum Gasteiger partial charge on any atom is 0.408 e. The molecule has 1 aromatic carbocycles. The van der Waals surface area contributed by atoms with Gasteiger partial charge in [0.25, 0.3) is 0 Å². The third-order valence-corrected chi connectivity index (χ3v) is 4.99. The zero-order valence-electron chi connectivity index (χ0n) is 20.0. The lowest BCUT2D eigenvalue weighted by Crippen LogP contribution is -2.53. The molecule has 1 aliphatic rings.